The summed E-state index contributed by atoms with van der Waals surface area (Å²) in [6, 6.07) is 4.79. The van der Waals surface area contributed by atoms with Crippen LogP contribution in [0.2, 0.25) is 5.02 Å². The molecule has 1 unspecified atom stereocenters. The van der Waals surface area contributed by atoms with E-state index in [4.69, 9.17) is 16.7 Å². The van der Waals surface area contributed by atoms with Crippen LogP contribution in [0.15, 0.2) is 18.2 Å². The van der Waals surface area contributed by atoms with Gasteiger partial charge in [-0.2, -0.15) is 0 Å². The molecule has 1 N–H and O–H groups in total. The largest absolute Gasteiger partial charge is 0.480 e. The molecule has 0 spiro atoms. The first kappa shape index (κ1) is 13.3. The minimum atomic E-state index is -0.845. The highest BCUT2D eigenvalue weighted by atomic mass is 35.5. The van der Waals surface area contributed by atoms with E-state index in [0.717, 1.165) is 18.4 Å². The predicted octanol–water partition coefficient (Wildman–Crippen LogP) is 3.09. The van der Waals surface area contributed by atoms with Gasteiger partial charge in [-0.25, -0.2) is 4.39 Å². The zero-order valence-corrected chi connectivity index (χ0v) is 10.8. The number of carboxylic acid groups (broad SMARTS) is 1. The summed E-state index contributed by atoms with van der Waals surface area (Å²) in [5.74, 6) is -1.30. The molecule has 18 heavy (non-hydrogen) atoms. The molecule has 1 aromatic rings. The van der Waals surface area contributed by atoms with Gasteiger partial charge in [0.05, 0.1) is 11.6 Å². The maximum absolute atomic E-state index is 13.1. The number of carbonyl (C=O) groups is 1. The Morgan fingerprint density at radius 1 is 1.61 bits per heavy atom. The standard InChI is InChI=1S/C13H15ClFNO2/c1-8(9-2-5-12(15)11(14)6-9)16(7-13(17)18)10-3-4-10/h2,5-6,8,10H,3-4,7H2,1H3,(H,17,18). The zero-order valence-electron chi connectivity index (χ0n) is 10.1. The van der Waals surface area contributed by atoms with E-state index in [-0.39, 0.29) is 17.6 Å². The molecule has 1 fully saturated rings. The molecule has 1 aliphatic carbocycles. The van der Waals surface area contributed by atoms with Crippen molar-refractivity contribution in [2.24, 2.45) is 0 Å². The van der Waals surface area contributed by atoms with Crippen molar-refractivity contribution in [1.82, 2.24) is 4.90 Å². The summed E-state index contributed by atoms with van der Waals surface area (Å²) in [6.07, 6.45) is 2.04. The lowest BCUT2D eigenvalue weighted by Crippen LogP contribution is -2.34. The first-order chi connectivity index (χ1) is 8.49. The summed E-state index contributed by atoms with van der Waals surface area (Å²) in [5, 5.41) is 9.00. The molecular weight excluding hydrogens is 257 g/mol. The fraction of sp³-hybridized carbons (Fsp3) is 0.462. The van der Waals surface area contributed by atoms with E-state index in [1.807, 2.05) is 11.8 Å². The quantitative estimate of drug-likeness (QED) is 0.895. The second kappa shape index (κ2) is 5.24. The van der Waals surface area contributed by atoms with Gasteiger partial charge >= 0.3 is 5.97 Å². The Kier molecular flexibility index (Phi) is 3.88. The van der Waals surface area contributed by atoms with Crippen LogP contribution in [0.3, 0.4) is 0 Å². The predicted molar refractivity (Wildman–Crippen MR) is 67.2 cm³/mol. The van der Waals surface area contributed by atoms with Crippen LogP contribution in [0.4, 0.5) is 4.39 Å². The third-order valence-electron chi connectivity index (χ3n) is 3.26. The summed E-state index contributed by atoms with van der Waals surface area (Å²) in [6.45, 7) is 1.92. The molecule has 0 radical (unpaired) electrons. The van der Waals surface area contributed by atoms with Gasteiger partial charge in [0.1, 0.15) is 5.82 Å². The van der Waals surface area contributed by atoms with Crippen LogP contribution in [0.1, 0.15) is 31.4 Å². The number of carboxylic acids is 1. The van der Waals surface area contributed by atoms with Gasteiger partial charge in [-0.3, -0.25) is 9.69 Å². The molecule has 3 nitrogen and oxygen atoms in total. The number of rotatable bonds is 5. The summed E-state index contributed by atoms with van der Waals surface area (Å²) >= 11 is 5.75. The van der Waals surface area contributed by atoms with E-state index in [9.17, 15) is 9.18 Å². The summed E-state index contributed by atoms with van der Waals surface area (Å²) in [4.78, 5) is 12.8. The number of nitrogens with zero attached hydrogens (tertiary/aromatic N) is 1. The zero-order chi connectivity index (χ0) is 13.3. The lowest BCUT2D eigenvalue weighted by atomic mass is 10.1. The second-order valence-corrected chi connectivity index (χ2v) is 5.05. The van der Waals surface area contributed by atoms with Gasteiger partial charge in [0.25, 0.3) is 0 Å². The molecule has 0 amide bonds. The molecular formula is C13H15ClFNO2. The Hall–Kier alpha value is -1.13. The molecule has 0 heterocycles. The van der Waals surface area contributed by atoms with Crippen molar-refractivity contribution in [2.45, 2.75) is 31.8 Å². The molecule has 1 aromatic carbocycles. The van der Waals surface area contributed by atoms with Crippen molar-refractivity contribution in [3.05, 3.63) is 34.6 Å². The first-order valence-corrected chi connectivity index (χ1v) is 6.29. The van der Waals surface area contributed by atoms with Gasteiger partial charge < -0.3 is 5.11 Å². The van der Waals surface area contributed by atoms with Gasteiger partial charge in [0.15, 0.2) is 0 Å². The van der Waals surface area contributed by atoms with Gasteiger partial charge in [0, 0.05) is 12.1 Å². The third kappa shape index (κ3) is 3.00. The minimum Gasteiger partial charge on any atom is -0.480 e. The lowest BCUT2D eigenvalue weighted by molar-refractivity contribution is -0.139. The van der Waals surface area contributed by atoms with Gasteiger partial charge in [-0.1, -0.05) is 17.7 Å². The average Bonchev–Trinajstić information content (AvgIpc) is 3.12. The monoisotopic (exact) mass is 271 g/mol. The number of hydrogen-bond acceptors (Lipinski definition) is 2. The highest BCUT2D eigenvalue weighted by Gasteiger charge is 2.34. The van der Waals surface area contributed by atoms with Crippen molar-refractivity contribution >= 4 is 17.6 Å². The van der Waals surface area contributed by atoms with Gasteiger partial charge in [0.2, 0.25) is 0 Å². The number of benzene rings is 1. The normalized spacial score (nSPS) is 16.9. The van der Waals surface area contributed by atoms with E-state index in [1.54, 1.807) is 12.1 Å². The number of halogens is 2. The smallest absolute Gasteiger partial charge is 0.317 e. The SMILES string of the molecule is CC(c1ccc(F)c(Cl)c1)N(CC(=O)O)C1CC1. The summed E-state index contributed by atoms with van der Waals surface area (Å²) in [7, 11) is 0. The van der Waals surface area contributed by atoms with Crippen molar-refractivity contribution in [3.63, 3.8) is 0 Å². The van der Waals surface area contributed by atoms with Crippen LogP contribution in [0, 0.1) is 5.82 Å². The van der Waals surface area contributed by atoms with Crippen molar-refractivity contribution < 1.29 is 14.3 Å². The fourth-order valence-electron chi connectivity index (χ4n) is 2.11. The Morgan fingerprint density at radius 2 is 2.28 bits per heavy atom. The number of aliphatic carboxylic acids is 1. The molecule has 1 saturated carbocycles. The van der Waals surface area contributed by atoms with Gasteiger partial charge in [-0.05, 0) is 37.5 Å². The van der Waals surface area contributed by atoms with Crippen LogP contribution >= 0.6 is 11.6 Å². The maximum Gasteiger partial charge on any atom is 0.317 e. The van der Waals surface area contributed by atoms with E-state index >= 15 is 0 Å². The molecule has 1 aliphatic rings. The third-order valence-corrected chi connectivity index (χ3v) is 3.55. The maximum atomic E-state index is 13.1. The minimum absolute atomic E-state index is 0.000822. The Bertz CT molecular complexity index is 462. The topological polar surface area (TPSA) is 40.5 Å². The van der Waals surface area contributed by atoms with Crippen molar-refractivity contribution in [2.75, 3.05) is 6.54 Å². The van der Waals surface area contributed by atoms with Crippen LogP contribution in [-0.2, 0) is 4.79 Å². The van der Waals surface area contributed by atoms with Gasteiger partial charge in [-0.15, -0.1) is 0 Å². The highest BCUT2D eigenvalue weighted by Crippen LogP contribution is 2.34. The Balaban J connectivity index is 2.18. The molecule has 0 bridgehead atoms. The lowest BCUT2D eigenvalue weighted by Gasteiger charge is -2.27. The van der Waals surface area contributed by atoms with Crippen LogP contribution < -0.4 is 0 Å². The Labute approximate surface area is 110 Å². The number of hydrogen-bond donors (Lipinski definition) is 1. The van der Waals surface area contributed by atoms with Crippen LogP contribution in [-0.4, -0.2) is 28.6 Å². The highest BCUT2D eigenvalue weighted by molar-refractivity contribution is 6.30. The first-order valence-electron chi connectivity index (χ1n) is 5.91. The second-order valence-electron chi connectivity index (χ2n) is 4.65. The van der Waals surface area contributed by atoms with E-state index in [2.05, 4.69) is 0 Å². The molecule has 0 saturated heterocycles. The van der Waals surface area contributed by atoms with Crippen LogP contribution in [0.25, 0.3) is 0 Å². The molecule has 0 aromatic heterocycles. The molecule has 98 valence electrons. The summed E-state index contributed by atoms with van der Waals surface area (Å²) in [5.41, 5.74) is 0.842. The van der Waals surface area contributed by atoms with E-state index < -0.39 is 11.8 Å². The van der Waals surface area contributed by atoms with Crippen LogP contribution in [0.5, 0.6) is 0 Å². The fourth-order valence-corrected chi connectivity index (χ4v) is 2.30. The van der Waals surface area contributed by atoms with E-state index in [1.165, 1.54) is 6.07 Å². The summed E-state index contributed by atoms with van der Waals surface area (Å²) < 4.78 is 13.1. The van der Waals surface area contributed by atoms with Crippen molar-refractivity contribution in [1.29, 1.82) is 0 Å². The molecule has 2 rings (SSSR count). The van der Waals surface area contributed by atoms with E-state index in [0.29, 0.717) is 6.04 Å². The average molecular weight is 272 g/mol. The Morgan fingerprint density at radius 3 is 2.78 bits per heavy atom. The van der Waals surface area contributed by atoms with Crippen molar-refractivity contribution in [3.8, 4) is 0 Å². The molecule has 1 atom stereocenters. The molecule has 5 heteroatoms. The molecule has 0 aliphatic heterocycles.